The summed E-state index contributed by atoms with van der Waals surface area (Å²) in [7, 11) is 0. The van der Waals surface area contributed by atoms with Crippen molar-refractivity contribution in [3.05, 3.63) is 71.8 Å². The standard InChI is InChI=1S/C20H26N2/c1-16-14-22(15-20(2,3)21-16)19(17-10-6-4-7-11-17)18-12-8-5-9-13-18/h4-13,16,19,21H,14-15H2,1-3H3/t16-/m1/s1. The second-order valence-electron chi connectivity index (χ2n) is 7.08. The summed E-state index contributed by atoms with van der Waals surface area (Å²) in [5.74, 6) is 0. The van der Waals surface area contributed by atoms with Crippen LogP contribution in [0.2, 0.25) is 0 Å². The third kappa shape index (κ3) is 3.40. The molecule has 1 saturated heterocycles. The summed E-state index contributed by atoms with van der Waals surface area (Å²) in [5.41, 5.74) is 2.89. The summed E-state index contributed by atoms with van der Waals surface area (Å²) in [6.07, 6.45) is 0. The number of hydrogen-bond acceptors (Lipinski definition) is 2. The average Bonchev–Trinajstić information content (AvgIpc) is 2.48. The Morgan fingerprint density at radius 1 is 0.955 bits per heavy atom. The first-order valence-electron chi connectivity index (χ1n) is 8.17. The van der Waals surface area contributed by atoms with Gasteiger partial charge in [-0.25, -0.2) is 0 Å². The lowest BCUT2D eigenvalue weighted by Crippen LogP contribution is -2.61. The fourth-order valence-corrected chi connectivity index (χ4v) is 3.76. The van der Waals surface area contributed by atoms with Crippen LogP contribution < -0.4 is 5.32 Å². The van der Waals surface area contributed by atoms with Crippen molar-refractivity contribution >= 4 is 0 Å². The van der Waals surface area contributed by atoms with Crippen molar-refractivity contribution in [3.8, 4) is 0 Å². The molecule has 0 unspecified atom stereocenters. The van der Waals surface area contributed by atoms with E-state index in [9.17, 15) is 0 Å². The lowest BCUT2D eigenvalue weighted by atomic mass is 9.92. The highest BCUT2D eigenvalue weighted by Gasteiger charge is 2.34. The fraction of sp³-hybridized carbons (Fsp3) is 0.400. The molecule has 116 valence electrons. The van der Waals surface area contributed by atoms with Gasteiger partial charge in [0, 0.05) is 24.7 Å². The zero-order valence-corrected chi connectivity index (χ0v) is 13.8. The Bertz CT molecular complexity index is 552. The van der Waals surface area contributed by atoms with Gasteiger partial charge in [0.1, 0.15) is 0 Å². The zero-order chi connectivity index (χ0) is 15.6. The summed E-state index contributed by atoms with van der Waals surface area (Å²) in [6, 6.07) is 22.6. The Morgan fingerprint density at radius 3 is 1.91 bits per heavy atom. The molecule has 0 bridgehead atoms. The smallest absolute Gasteiger partial charge is 0.0602 e. The molecule has 1 heterocycles. The fourth-order valence-electron chi connectivity index (χ4n) is 3.76. The van der Waals surface area contributed by atoms with Crippen LogP contribution in [0.15, 0.2) is 60.7 Å². The number of nitrogens with zero attached hydrogens (tertiary/aromatic N) is 1. The molecular weight excluding hydrogens is 268 g/mol. The van der Waals surface area contributed by atoms with Crippen LogP contribution in [0.25, 0.3) is 0 Å². The van der Waals surface area contributed by atoms with E-state index in [4.69, 9.17) is 0 Å². The van der Waals surface area contributed by atoms with Crippen LogP contribution in [0.3, 0.4) is 0 Å². The monoisotopic (exact) mass is 294 g/mol. The van der Waals surface area contributed by atoms with Crippen molar-refractivity contribution in [2.75, 3.05) is 13.1 Å². The first-order valence-corrected chi connectivity index (χ1v) is 8.17. The second kappa shape index (κ2) is 6.23. The Morgan fingerprint density at radius 2 is 1.45 bits per heavy atom. The molecule has 2 aromatic carbocycles. The van der Waals surface area contributed by atoms with Gasteiger partial charge in [-0.3, -0.25) is 4.90 Å². The normalized spacial score (nSPS) is 21.9. The van der Waals surface area contributed by atoms with Gasteiger partial charge in [-0.05, 0) is 31.9 Å². The van der Waals surface area contributed by atoms with Gasteiger partial charge in [0.05, 0.1) is 6.04 Å². The number of hydrogen-bond donors (Lipinski definition) is 1. The van der Waals surface area contributed by atoms with E-state index in [1.165, 1.54) is 11.1 Å². The van der Waals surface area contributed by atoms with E-state index in [1.807, 2.05) is 0 Å². The number of benzene rings is 2. The Hall–Kier alpha value is -1.64. The summed E-state index contributed by atoms with van der Waals surface area (Å²) in [6.45, 7) is 8.98. The van der Waals surface area contributed by atoms with Gasteiger partial charge in [0.25, 0.3) is 0 Å². The second-order valence-corrected chi connectivity index (χ2v) is 7.08. The van der Waals surface area contributed by atoms with Gasteiger partial charge < -0.3 is 5.32 Å². The summed E-state index contributed by atoms with van der Waals surface area (Å²) < 4.78 is 0. The van der Waals surface area contributed by atoms with Crippen molar-refractivity contribution < 1.29 is 0 Å². The maximum absolute atomic E-state index is 3.70. The predicted octanol–water partition coefficient (Wildman–Crippen LogP) is 3.85. The summed E-state index contributed by atoms with van der Waals surface area (Å²) in [4.78, 5) is 2.62. The molecule has 0 radical (unpaired) electrons. The lowest BCUT2D eigenvalue weighted by molar-refractivity contribution is 0.0975. The van der Waals surface area contributed by atoms with Gasteiger partial charge in [0.2, 0.25) is 0 Å². The van der Waals surface area contributed by atoms with Crippen molar-refractivity contribution in [1.82, 2.24) is 10.2 Å². The van der Waals surface area contributed by atoms with Gasteiger partial charge in [-0.1, -0.05) is 60.7 Å². The van der Waals surface area contributed by atoms with Crippen LogP contribution in [0.5, 0.6) is 0 Å². The molecule has 1 N–H and O–H groups in total. The minimum absolute atomic E-state index is 0.138. The van der Waals surface area contributed by atoms with Crippen molar-refractivity contribution in [2.24, 2.45) is 0 Å². The highest BCUT2D eigenvalue weighted by Crippen LogP contribution is 2.31. The van der Waals surface area contributed by atoms with Gasteiger partial charge in [-0.15, -0.1) is 0 Å². The van der Waals surface area contributed by atoms with E-state index in [2.05, 4.69) is 91.7 Å². The van der Waals surface area contributed by atoms with Crippen LogP contribution in [0.4, 0.5) is 0 Å². The minimum atomic E-state index is 0.138. The van der Waals surface area contributed by atoms with Crippen LogP contribution >= 0.6 is 0 Å². The first kappa shape index (κ1) is 15.3. The molecule has 1 aliphatic rings. The molecule has 1 atom stereocenters. The summed E-state index contributed by atoms with van der Waals surface area (Å²) in [5, 5.41) is 3.70. The molecular formula is C20H26N2. The van der Waals surface area contributed by atoms with E-state index in [-0.39, 0.29) is 5.54 Å². The summed E-state index contributed by atoms with van der Waals surface area (Å²) >= 11 is 0. The molecule has 1 fully saturated rings. The third-order valence-corrected chi connectivity index (χ3v) is 4.34. The molecule has 2 nitrogen and oxygen atoms in total. The Balaban J connectivity index is 1.99. The lowest BCUT2D eigenvalue weighted by Gasteiger charge is -2.46. The molecule has 0 aliphatic carbocycles. The quantitative estimate of drug-likeness (QED) is 0.925. The van der Waals surface area contributed by atoms with Crippen molar-refractivity contribution in [1.29, 1.82) is 0 Å². The Labute approximate surface area is 134 Å². The number of nitrogens with one attached hydrogen (secondary N) is 1. The van der Waals surface area contributed by atoms with Gasteiger partial charge in [0.15, 0.2) is 0 Å². The molecule has 0 spiro atoms. The van der Waals surface area contributed by atoms with Crippen molar-refractivity contribution in [3.63, 3.8) is 0 Å². The molecule has 0 amide bonds. The maximum atomic E-state index is 3.70. The highest BCUT2D eigenvalue weighted by molar-refractivity contribution is 5.32. The maximum Gasteiger partial charge on any atom is 0.0602 e. The molecule has 22 heavy (non-hydrogen) atoms. The molecule has 3 rings (SSSR count). The molecule has 2 aromatic rings. The molecule has 1 aliphatic heterocycles. The molecule has 2 heteroatoms. The van der Waals surface area contributed by atoms with E-state index < -0.39 is 0 Å². The SMILES string of the molecule is C[C@@H]1CN(C(c2ccccc2)c2ccccc2)CC(C)(C)N1. The number of piperazine rings is 1. The predicted molar refractivity (Wildman–Crippen MR) is 93.0 cm³/mol. The van der Waals surface area contributed by atoms with E-state index in [0.29, 0.717) is 12.1 Å². The topological polar surface area (TPSA) is 15.3 Å². The Kier molecular flexibility index (Phi) is 4.32. The largest absolute Gasteiger partial charge is 0.307 e. The van der Waals surface area contributed by atoms with E-state index in [0.717, 1.165) is 13.1 Å². The zero-order valence-electron chi connectivity index (χ0n) is 13.8. The van der Waals surface area contributed by atoms with E-state index >= 15 is 0 Å². The highest BCUT2D eigenvalue weighted by atomic mass is 15.3. The van der Waals surface area contributed by atoms with Gasteiger partial charge in [-0.2, -0.15) is 0 Å². The van der Waals surface area contributed by atoms with Crippen LogP contribution in [0.1, 0.15) is 37.9 Å². The minimum Gasteiger partial charge on any atom is -0.307 e. The van der Waals surface area contributed by atoms with Gasteiger partial charge >= 0.3 is 0 Å². The molecule has 0 saturated carbocycles. The van der Waals surface area contributed by atoms with Crippen molar-refractivity contribution in [2.45, 2.75) is 38.4 Å². The average molecular weight is 294 g/mol. The third-order valence-electron chi connectivity index (χ3n) is 4.34. The molecule has 0 aromatic heterocycles. The van der Waals surface area contributed by atoms with E-state index in [1.54, 1.807) is 0 Å². The number of rotatable bonds is 3. The van der Waals surface area contributed by atoms with Crippen LogP contribution in [-0.2, 0) is 0 Å². The first-order chi connectivity index (χ1) is 10.6. The van der Waals surface area contributed by atoms with Crippen LogP contribution in [-0.4, -0.2) is 29.6 Å². The van der Waals surface area contributed by atoms with Crippen LogP contribution in [0, 0.1) is 0 Å².